The molecule has 0 aliphatic heterocycles. The van der Waals surface area contributed by atoms with Crippen LogP contribution < -0.4 is 0 Å². The van der Waals surface area contributed by atoms with E-state index in [-0.39, 0.29) is 5.69 Å². The molecule has 0 saturated heterocycles. The molecule has 1 heterocycles. The summed E-state index contributed by atoms with van der Waals surface area (Å²) in [4.78, 5) is 13.2. The summed E-state index contributed by atoms with van der Waals surface area (Å²) >= 11 is 0. The summed E-state index contributed by atoms with van der Waals surface area (Å²) in [5.41, 5.74) is -0.294. The first-order valence-corrected chi connectivity index (χ1v) is 3.64. The van der Waals surface area contributed by atoms with E-state index in [4.69, 9.17) is 5.11 Å². The fourth-order valence-corrected chi connectivity index (χ4v) is 0.852. The number of nitrogens with zero attached hydrogens (tertiary/aromatic N) is 1. The quantitative estimate of drug-likeness (QED) is 0.760. The average Bonchev–Trinajstić information content (AvgIpc) is 2.02. The van der Waals surface area contributed by atoms with Crippen molar-refractivity contribution in [2.75, 3.05) is 0 Å². The lowest BCUT2D eigenvalue weighted by molar-refractivity contribution is -0.164. The largest absolute Gasteiger partial charge is 0.477 e. The van der Waals surface area contributed by atoms with E-state index in [0.717, 1.165) is 12.1 Å². The van der Waals surface area contributed by atoms with E-state index in [1.807, 2.05) is 0 Å². The summed E-state index contributed by atoms with van der Waals surface area (Å²) in [6.07, 6.45) is -1.11. The van der Waals surface area contributed by atoms with E-state index in [1.54, 1.807) is 0 Å². The number of pyridine rings is 1. The monoisotopic (exact) mass is 205 g/mol. The molecule has 3 nitrogen and oxygen atoms in total. The van der Waals surface area contributed by atoms with E-state index in [1.165, 1.54) is 6.07 Å². The molecule has 0 aromatic carbocycles. The Hall–Kier alpha value is -1.59. The molecule has 0 amide bonds. The fraction of sp³-hybridized carbons (Fsp3) is 0.250. The van der Waals surface area contributed by atoms with Crippen LogP contribution >= 0.6 is 0 Å². The molecule has 0 bridgehead atoms. The van der Waals surface area contributed by atoms with E-state index in [0.29, 0.717) is 0 Å². The highest BCUT2D eigenvalue weighted by Gasteiger charge is 2.39. The van der Waals surface area contributed by atoms with Crippen molar-refractivity contribution in [3.8, 4) is 0 Å². The summed E-state index contributed by atoms with van der Waals surface area (Å²) < 4.78 is 37.6. The predicted octanol–water partition coefficient (Wildman–Crippen LogP) is 1.48. The molecule has 0 saturated carbocycles. The molecule has 0 atom stereocenters. The molecular formula is C8H6F3NO2. The number of hydrogen-bond acceptors (Lipinski definition) is 2. The number of carbonyl (C=O) groups is 1. The second kappa shape index (κ2) is 3.65. The van der Waals surface area contributed by atoms with Crippen molar-refractivity contribution in [1.82, 2.24) is 4.98 Å². The maximum atomic E-state index is 12.6. The van der Waals surface area contributed by atoms with Gasteiger partial charge in [0, 0.05) is 0 Å². The Morgan fingerprint density at radius 3 is 2.64 bits per heavy atom. The number of carboxylic acids is 1. The Morgan fingerprint density at radius 2 is 2.14 bits per heavy atom. The molecule has 1 rings (SSSR count). The van der Waals surface area contributed by atoms with E-state index < -0.39 is 24.3 Å². The van der Waals surface area contributed by atoms with Crippen LogP contribution in [0.3, 0.4) is 0 Å². The van der Waals surface area contributed by atoms with Crippen molar-refractivity contribution < 1.29 is 23.1 Å². The highest BCUT2D eigenvalue weighted by molar-refractivity contribution is 5.75. The minimum Gasteiger partial charge on any atom is -0.477 e. The molecule has 0 aliphatic carbocycles. The first-order valence-electron chi connectivity index (χ1n) is 3.64. The fourth-order valence-electron chi connectivity index (χ4n) is 0.852. The zero-order chi connectivity index (χ0) is 10.8. The molecule has 0 aliphatic rings. The third kappa shape index (κ3) is 2.45. The van der Waals surface area contributed by atoms with Crippen molar-refractivity contribution >= 4 is 5.97 Å². The first-order chi connectivity index (χ1) is 6.42. The normalized spacial score (nSPS) is 11.4. The number of aliphatic carboxylic acids is 1. The van der Waals surface area contributed by atoms with E-state index >= 15 is 0 Å². The van der Waals surface area contributed by atoms with E-state index in [2.05, 4.69) is 4.98 Å². The Morgan fingerprint density at radius 1 is 1.50 bits per heavy atom. The summed E-state index contributed by atoms with van der Waals surface area (Å²) in [6, 6.07) is 3.32. The minimum absolute atomic E-state index is 0.294. The van der Waals surface area contributed by atoms with Gasteiger partial charge in [0.25, 0.3) is 0 Å². The van der Waals surface area contributed by atoms with Crippen LogP contribution in [0, 0.1) is 5.95 Å². The number of alkyl halides is 2. The lowest BCUT2D eigenvalue weighted by atomic mass is 10.2. The maximum absolute atomic E-state index is 12.6. The van der Waals surface area contributed by atoms with Gasteiger partial charge >= 0.3 is 11.9 Å². The Bertz CT molecular complexity index is 354. The second-order valence-corrected chi connectivity index (χ2v) is 2.64. The van der Waals surface area contributed by atoms with Gasteiger partial charge in [0.05, 0.1) is 12.1 Å². The van der Waals surface area contributed by atoms with Gasteiger partial charge in [-0.25, -0.2) is 9.78 Å². The van der Waals surface area contributed by atoms with Gasteiger partial charge in [0.15, 0.2) is 0 Å². The Labute approximate surface area is 77.2 Å². The number of carboxylic acid groups (broad SMARTS) is 1. The van der Waals surface area contributed by atoms with Crippen molar-refractivity contribution in [2.45, 2.75) is 12.3 Å². The molecule has 1 aromatic heterocycles. The van der Waals surface area contributed by atoms with Crippen molar-refractivity contribution in [2.24, 2.45) is 0 Å². The summed E-state index contributed by atoms with van der Waals surface area (Å²) in [6.45, 7) is 0. The summed E-state index contributed by atoms with van der Waals surface area (Å²) in [7, 11) is 0. The molecular weight excluding hydrogens is 199 g/mol. The topological polar surface area (TPSA) is 50.2 Å². The molecule has 0 spiro atoms. The molecule has 76 valence electrons. The summed E-state index contributed by atoms with van der Waals surface area (Å²) in [5, 5.41) is 8.10. The maximum Gasteiger partial charge on any atom is 0.374 e. The van der Waals surface area contributed by atoms with Gasteiger partial charge in [-0.1, -0.05) is 6.07 Å². The van der Waals surface area contributed by atoms with Crippen LogP contribution in [0.4, 0.5) is 13.2 Å². The second-order valence-electron chi connectivity index (χ2n) is 2.64. The van der Waals surface area contributed by atoms with Crippen LogP contribution in [0.15, 0.2) is 18.2 Å². The molecule has 1 N–H and O–H groups in total. The Balaban J connectivity index is 2.83. The smallest absolute Gasteiger partial charge is 0.374 e. The molecule has 6 heteroatoms. The molecule has 0 radical (unpaired) electrons. The third-order valence-electron chi connectivity index (χ3n) is 1.49. The zero-order valence-corrected chi connectivity index (χ0v) is 6.88. The number of halogens is 3. The van der Waals surface area contributed by atoms with Crippen LogP contribution in [0.5, 0.6) is 0 Å². The highest BCUT2D eigenvalue weighted by Crippen LogP contribution is 2.19. The van der Waals surface area contributed by atoms with Gasteiger partial charge in [0.2, 0.25) is 5.95 Å². The number of hydrogen-bond donors (Lipinski definition) is 1. The highest BCUT2D eigenvalue weighted by atomic mass is 19.3. The van der Waals surface area contributed by atoms with E-state index in [9.17, 15) is 18.0 Å². The number of rotatable bonds is 3. The zero-order valence-electron chi connectivity index (χ0n) is 6.88. The third-order valence-corrected chi connectivity index (χ3v) is 1.49. The van der Waals surface area contributed by atoms with Crippen LogP contribution in [0.2, 0.25) is 0 Å². The number of aromatic nitrogens is 1. The van der Waals surface area contributed by atoms with Gasteiger partial charge in [-0.2, -0.15) is 13.2 Å². The van der Waals surface area contributed by atoms with Crippen LogP contribution in [0.1, 0.15) is 5.69 Å². The van der Waals surface area contributed by atoms with Crippen molar-refractivity contribution in [3.05, 3.63) is 29.8 Å². The summed E-state index contributed by atoms with van der Waals surface area (Å²) in [5.74, 6) is -7.08. The van der Waals surface area contributed by atoms with Crippen LogP contribution in [-0.4, -0.2) is 22.0 Å². The molecule has 14 heavy (non-hydrogen) atoms. The van der Waals surface area contributed by atoms with Gasteiger partial charge in [-0.15, -0.1) is 0 Å². The lowest BCUT2D eigenvalue weighted by Crippen LogP contribution is -2.31. The SMILES string of the molecule is O=C(O)C(F)(F)Cc1cccc(F)n1. The first kappa shape index (κ1) is 10.5. The van der Waals surface area contributed by atoms with Crippen molar-refractivity contribution in [1.29, 1.82) is 0 Å². The standard InChI is InChI=1S/C8H6F3NO2/c9-6-3-1-2-5(12-6)4-8(10,11)7(13)14/h1-3H,4H2,(H,13,14). The Kier molecular flexibility index (Phi) is 2.73. The van der Waals surface area contributed by atoms with Gasteiger partial charge in [0.1, 0.15) is 0 Å². The van der Waals surface area contributed by atoms with Crippen LogP contribution in [0.25, 0.3) is 0 Å². The van der Waals surface area contributed by atoms with Crippen molar-refractivity contribution in [3.63, 3.8) is 0 Å². The lowest BCUT2D eigenvalue weighted by Gasteiger charge is -2.09. The van der Waals surface area contributed by atoms with Crippen LogP contribution in [-0.2, 0) is 11.2 Å². The predicted molar refractivity (Wildman–Crippen MR) is 40.5 cm³/mol. The van der Waals surface area contributed by atoms with Gasteiger partial charge < -0.3 is 5.11 Å². The average molecular weight is 205 g/mol. The van der Waals surface area contributed by atoms with Gasteiger partial charge in [-0.3, -0.25) is 0 Å². The molecule has 0 fully saturated rings. The van der Waals surface area contributed by atoms with Gasteiger partial charge in [-0.05, 0) is 12.1 Å². The molecule has 1 aromatic rings. The molecule has 0 unspecified atom stereocenters. The minimum atomic E-state index is -3.92.